The summed E-state index contributed by atoms with van der Waals surface area (Å²) >= 11 is 0. The highest BCUT2D eigenvalue weighted by Gasteiger charge is 2.32. The predicted molar refractivity (Wildman–Crippen MR) is 85.1 cm³/mol. The second-order valence-electron chi connectivity index (χ2n) is 6.11. The van der Waals surface area contributed by atoms with Crippen LogP contribution in [0.1, 0.15) is 34.3 Å². The van der Waals surface area contributed by atoms with Crippen molar-refractivity contribution in [3.05, 3.63) is 62.8 Å². The van der Waals surface area contributed by atoms with Crippen LogP contribution in [0.2, 0.25) is 0 Å². The van der Waals surface area contributed by atoms with Crippen LogP contribution in [0.3, 0.4) is 0 Å². The molecular weight excluding hydrogens is 351 g/mol. The molecule has 1 aliphatic heterocycles. The Hall–Kier alpha value is -2.68. The van der Waals surface area contributed by atoms with E-state index in [4.69, 9.17) is 0 Å². The van der Waals surface area contributed by atoms with Crippen molar-refractivity contribution in [2.24, 2.45) is 0 Å². The number of aliphatic hydroxyl groups is 1. The van der Waals surface area contributed by atoms with E-state index in [9.17, 15) is 27.9 Å². The average Bonchev–Trinajstić information content (AvgIpc) is 2.59. The third-order valence-electron chi connectivity index (χ3n) is 4.29. The molecule has 0 saturated heterocycles. The molecule has 26 heavy (non-hydrogen) atoms. The monoisotopic (exact) mass is 367 g/mol. The molecule has 1 atom stereocenters. The SMILES string of the molecule is Cc1nc2c(c(=O)[nH]1)CCN(C(=O)[C@H](O)c1ccc(C(F)(F)F)cc1)C2. The maximum atomic E-state index is 12.6. The number of carbonyl (C=O) groups is 1. The van der Waals surface area contributed by atoms with Crippen LogP contribution in [0.25, 0.3) is 0 Å². The number of hydrogen-bond acceptors (Lipinski definition) is 4. The van der Waals surface area contributed by atoms with Gasteiger partial charge in [0.25, 0.3) is 11.5 Å². The minimum Gasteiger partial charge on any atom is -0.378 e. The number of nitrogens with one attached hydrogen (secondary N) is 1. The standard InChI is InChI=1S/C17H16F3N3O3/c1-9-21-13-8-23(7-6-12(13)15(25)22-9)16(26)14(24)10-2-4-11(5-3-10)17(18,19)20/h2-5,14,24H,6-8H2,1H3,(H,21,22,25)/t14-/m1/s1. The molecule has 0 unspecified atom stereocenters. The third-order valence-corrected chi connectivity index (χ3v) is 4.29. The largest absolute Gasteiger partial charge is 0.416 e. The number of amides is 1. The van der Waals surface area contributed by atoms with E-state index < -0.39 is 23.8 Å². The lowest BCUT2D eigenvalue weighted by Gasteiger charge is -2.29. The highest BCUT2D eigenvalue weighted by Crippen LogP contribution is 2.30. The summed E-state index contributed by atoms with van der Waals surface area (Å²) in [6, 6.07) is 3.80. The molecule has 1 aliphatic rings. The van der Waals surface area contributed by atoms with Gasteiger partial charge in [0.2, 0.25) is 0 Å². The molecule has 2 heterocycles. The van der Waals surface area contributed by atoms with E-state index in [0.29, 0.717) is 23.5 Å². The molecule has 9 heteroatoms. The van der Waals surface area contributed by atoms with E-state index >= 15 is 0 Å². The fourth-order valence-corrected chi connectivity index (χ4v) is 2.92. The van der Waals surface area contributed by atoms with Crippen LogP contribution in [0, 0.1) is 6.92 Å². The van der Waals surface area contributed by atoms with E-state index in [2.05, 4.69) is 9.97 Å². The number of H-pyrrole nitrogens is 1. The molecule has 2 N–H and O–H groups in total. The zero-order valence-corrected chi connectivity index (χ0v) is 13.8. The number of aliphatic hydroxyl groups excluding tert-OH is 1. The van der Waals surface area contributed by atoms with Gasteiger partial charge in [-0.3, -0.25) is 9.59 Å². The summed E-state index contributed by atoms with van der Waals surface area (Å²) in [5, 5.41) is 10.2. The van der Waals surface area contributed by atoms with Crippen molar-refractivity contribution in [3.8, 4) is 0 Å². The zero-order chi connectivity index (χ0) is 19.1. The van der Waals surface area contributed by atoms with Crippen molar-refractivity contribution < 1.29 is 23.1 Å². The Balaban J connectivity index is 1.78. The molecule has 3 rings (SSSR count). The number of alkyl halides is 3. The van der Waals surface area contributed by atoms with Gasteiger partial charge in [-0.25, -0.2) is 4.98 Å². The van der Waals surface area contributed by atoms with Gasteiger partial charge in [-0.05, 0) is 31.0 Å². The Morgan fingerprint density at radius 2 is 1.96 bits per heavy atom. The first-order valence-electron chi connectivity index (χ1n) is 7.89. The van der Waals surface area contributed by atoms with Crippen LogP contribution in [-0.4, -0.2) is 32.4 Å². The van der Waals surface area contributed by atoms with Crippen molar-refractivity contribution in [1.29, 1.82) is 0 Å². The van der Waals surface area contributed by atoms with E-state index in [1.807, 2.05) is 0 Å². The molecule has 0 fully saturated rings. The fourth-order valence-electron chi connectivity index (χ4n) is 2.92. The number of hydrogen-bond donors (Lipinski definition) is 2. The van der Waals surface area contributed by atoms with Gasteiger partial charge < -0.3 is 15.0 Å². The number of aromatic amines is 1. The highest BCUT2D eigenvalue weighted by molar-refractivity contribution is 5.82. The maximum absolute atomic E-state index is 12.6. The summed E-state index contributed by atoms with van der Waals surface area (Å²) in [5.41, 5.74) is -0.0624. The number of fused-ring (bicyclic) bond motifs is 1. The van der Waals surface area contributed by atoms with E-state index in [-0.39, 0.29) is 24.2 Å². The highest BCUT2D eigenvalue weighted by atomic mass is 19.4. The molecule has 1 aromatic heterocycles. The van der Waals surface area contributed by atoms with Crippen LogP contribution in [-0.2, 0) is 23.9 Å². The summed E-state index contributed by atoms with van der Waals surface area (Å²) in [4.78, 5) is 32.6. The average molecular weight is 367 g/mol. The van der Waals surface area contributed by atoms with Crippen molar-refractivity contribution in [2.75, 3.05) is 6.54 Å². The minimum atomic E-state index is -4.49. The second kappa shape index (κ2) is 6.56. The molecule has 2 aromatic rings. The minimum absolute atomic E-state index is 0.0661. The van der Waals surface area contributed by atoms with Gasteiger partial charge in [0.15, 0.2) is 6.10 Å². The first-order valence-corrected chi connectivity index (χ1v) is 7.89. The van der Waals surface area contributed by atoms with Crippen molar-refractivity contribution in [1.82, 2.24) is 14.9 Å². The summed E-state index contributed by atoms with van der Waals surface area (Å²) in [7, 11) is 0. The number of aryl methyl sites for hydroxylation is 1. The van der Waals surface area contributed by atoms with Crippen LogP contribution in [0.4, 0.5) is 13.2 Å². The summed E-state index contributed by atoms with van der Waals surface area (Å²) < 4.78 is 37.8. The quantitative estimate of drug-likeness (QED) is 0.846. The summed E-state index contributed by atoms with van der Waals surface area (Å²) in [5.74, 6) is -0.221. The predicted octanol–water partition coefficient (Wildman–Crippen LogP) is 1.72. The van der Waals surface area contributed by atoms with Gasteiger partial charge in [-0.2, -0.15) is 13.2 Å². The number of benzene rings is 1. The molecule has 1 amide bonds. The number of nitrogens with zero attached hydrogens (tertiary/aromatic N) is 2. The van der Waals surface area contributed by atoms with Gasteiger partial charge >= 0.3 is 6.18 Å². The summed E-state index contributed by atoms with van der Waals surface area (Å²) in [6.45, 7) is 1.91. The Morgan fingerprint density at radius 3 is 2.58 bits per heavy atom. The normalized spacial score (nSPS) is 15.5. The second-order valence-corrected chi connectivity index (χ2v) is 6.11. The molecular formula is C17H16F3N3O3. The Morgan fingerprint density at radius 1 is 1.31 bits per heavy atom. The van der Waals surface area contributed by atoms with Gasteiger partial charge in [-0.15, -0.1) is 0 Å². The Kier molecular flexibility index (Phi) is 4.57. The molecule has 1 aromatic carbocycles. The zero-order valence-electron chi connectivity index (χ0n) is 13.8. The van der Waals surface area contributed by atoms with E-state index in [0.717, 1.165) is 24.3 Å². The van der Waals surface area contributed by atoms with Crippen LogP contribution >= 0.6 is 0 Å². The third kappa shape index (κ3) is 3.48. The van der Waals surface area contributed by atoms with E-state index in [1.54, 1.807) is 6.92 Å². The van der Waals surface area contributed by atoms with E-state index in [1.165, 1.54) is 4.90 Å². The van der Waals surface area contributed by atoms with Gasteiger partial charge in [0.1, 0.15) is 5.82 Å². The van der Waals surface area contributed by atoms with Gasteiger partial charge in [-0.1, -0.05) is 12.1 Å². The van der Waals surface area contributed by atoms with Crippen LogP contribution < -0.4 is 5.56 Å². The van der Waals surface area contributed by atoms with Gasteiger partial charge in [0.05, 0.1) is 17.8 Å². The number of carbonyl (C=O) groups excluding carboxylic acids is 1. The molecule has 0 bridgehead atoms. The lowest BCUT2D eigenvalue weighted by Crippen LogP contribution is -2.41. The number of halogens is 3. The Labute approximate surface area is 146 Å². The summed E-state index contributed by atoms with van der Waals surface area (Å²) in [6.07, 6.45) is -5.77. The number of aromatic nitrogens is 2. The van der Waals surface area contributed by atoms with Crippen molar-refractivity contribution >= 4 is 5.91 Å². The molecule has 0 aliphatic carbocycles. The molecule has 0 spiro atoms. The maximum Gasteiger partial charge on any atom is 0.416 e. The smallest absolute Gasteiger partial charge is 0.378 e. The lowest BCUT2D eigenvalue weighted by atomic mass is 10.0. The van der Waals surface area contributed by atoms with Crippen molar-refractivity contribution in [3.63, 3.8) is 0 Å². The van der Waals surface area contributed by atoms with Gasteiger partial charge in [0, 0.05) is 12.1 Å². The molecule has 0 radical (unpaired) electrons. The molecule has 6 nitrogen and oxygen atoms in total. The van der Waals surface area contributed by atoms with Crippen LogP contribution in [0.5, 0.6) is 0 Å². The fraction of sp³-hybridized carbons (Fsp3) is 0.353. The van der Waals surface area contributed by atoms with Crippen molar-refractivity contribution in [2.45, 2.75) is 32.2 Å². The van der Waals surface area contributed by atoms with Crippen LogP contribution in [0.15, 0.2) is 29.1 Å². The Bertz CT molecular complexity index is 891. The molecule has 0 saturated carbocycles. The first kappa shape index (κ1) is 18.1. The topological polar surface area (TPSA) is 86.3 Å². The number of rotatable bonds is 2. The lowest BCUT2D eigenvalue weighted by molar-refractivity contribution is -0.141. The molecule has 138 valence electrons. The first-order chi connectivity index (χ1) is 12.2.